The molecule has 0 aliphatic carbocycles. The number of hydrogen-bond acceptors (Lipinski definition) is 3. The van der Waals surface area contributed by atoms with Crippen molar-refractivity contribution in [3.05, 3.63) is 59.2 Å². The van der Waals surface area contributed by atoms with Crippen LogP contribution in [0.5, 0.6) is 0 Å². The van der Waals surface area contributed by atoms with Crippen LogP contribution in [0.4, 0.5) is 11.4 Å². The summed E-state index contributed by atoms with van der Waals surface area (Å²) in [6, 6.07) is 13.8. The molecular formula is C22H29N3O2. The van der Waals surface area contributed by atoms with Gasteiger partial charge in [-0.2, -0.15) is 0 Å². The van der Waals surface area contributed by atoms with Crippen molar-refractivity contribution in [3.63, 3.8) is 0 Å². The van der Waals surface area contributed by atoms with E-state index in [1.807, 2.05) is 43.3 Å². The molecule has 2 aromatic carbocycles. The van der Waals surface area contributed by atoms with Crippen LogP contribution >= 0.6 is 0 Å². The molecule has 5 nitrogen and oxygen atoms in total. The summed E-state index contributed by atoms with van der Waals surface area (Å²) in [5.74, 6) is 0.000391. The summed E-state index contributed by atoms with van der Waals surface area (Å²) in [6.07, 6.45) is 2.03. The molecule has 0 aromatic heterocycles. The Balaban J connectivity index is 1.93. The number of rotatable bonds is 8. The lowest BCUT2D eigenvalue weighted by molar-refractivity contribution is -0.128. The van der Waals surface area contributed by atoms with Crippen molar-refractivity contribution in [2.24, 2.45) is 0 Å². The maximum absolute atomic E-state index is 12.3. The molecule has 2 rings (SSSR count). The van der Waals surface area contributed by atoms with E-state index in [2.05, 4.69) is 23.6 Å². The highest BCUT2D eigenvalue weighted by molar-refractivity contribution is 5.94. The number of hydrogen-bond donors (Lipinski definition) is 2. The van der Waals surface area contributed by atoms with Crippen molar-refractivity contribution < 1.29 is 9.59 Å². The molecule has 0 saturated carbocycles. The Hall–Kier alpha value is -2.82. The van der Waals surface area contributed by atoms with Crippen molar-refractivity contribution >= 4 is 23.2 Å². The Morgan fingerprint density at radius 1 is 1.07 bits per heavy atom. The van der Waals surface area contributed by atoms with Gasteiger partial charge in [0.2, 0.25) is 11.8 Å². The summed E-state index contributed by atoms with van der Waals surface area (Å²) < 4.78 is 0. The summed E-state index contributed by atoms with van der Waals surface area (Å²) in [7, 11) is 3.51. The van der Waals surface area contributed by atoms with Crippen LogP contribution in [0, 0.1) is 6.92 Å². The van der Waals surface area contributed by atoms with E-state index < -0.39 is 0 Å². The first kappa shape index (κ1) is 20.5. The first-order valence-electron chi connectivity index (χ1n) is 9.32. The molecule has 0 aliphatic heterocycles. The fourth-order valence-electron chi connectivity index (χ4n) is 2.93. The third kappa shape index (κ3) is 6.13. The summed E-state index contributed by atoms with van der Waals surface area (Å²) in [5, 5.41) is 6.18. The van der Waals surface area contributed by atoms with Crippen molar-refractivity contribution in [1.29, 1.82) is 0 Å². The lowest BCUT2D eigenvalue weighted by Gasteiger charge is -2.14. The van der Waals surface area contributed by atoms with Crippen molar-refractivity contribution in [1.82, 2.24) is 4.90 Å². The zero-order chi connectivity index (χ0) is 19.8. The number of carbonyl (C=O) groups excluding carboxylic acids is 2. The van der Waals surface area contributed by atoms with Crippen molar-refractivity contribution in [2.75, 3.05) is 31.3 Å². The van der Waals surface area contributed by atoms with Gasteiger partial charge in [0.05, 0.1) is 6.54 Å². The summed E-state index contributed by atoms with van der Waals surface area (Å²) in [4.78, 5) is 25.6. The number of carbonyl (C=O) groups is 2. The second-order valence-corrected chi connectivity index (χ2v) is 6.85. The van der Waals surface area contributed by atoms with Gasteiger partial charge in [-0.15, -0.1) is 0 Å². The van der Waals surface area contributed by atoms with E-state index in [1.54, 1.807) is 19.0 Å². The average molecular weight is 367 g/mol. The molecule has 0 heterocycles. The Labute approximate surface area is 161 Å². The van der Waals surface area contributed by atoms with Crippen LogP contribution in [0.1, 0.15) is 30.0 Å². The van der Waals surface area contributed by atoms with E-state index >= 15 is 0 Å². The molecule has 0 radical (unpaired) electrons. The number of para-hydroxylation sites is 1. The Kier molecular flexibility index (Phi) is 7.41. The molecule has 0 bridgehead atoms. The van der Waals surface area contributed by atoms with Crippen molar-refractivity contribution in [2.45, 2.75) is 33.1 Å². The highest BCUT2D eigenvalue weighted by Crippen LogP contribution is 2.21. The van der Waals surface area contributed by atoms with Crippen LogP contribution in [0.15, 0.2) is 42.5 Å². The summed E-state index contributed by atoms with van der Waals surface area (Å²) in [5.41, 5.74) is 5.15. The number of nitrogens with one attached hydrogen (secondary N) is 2. The molecule has 0 saturated heterocycles. The average Bonchev–Trinajstić information content (AvgIpc) is 2.65. The topological polar surface area (TPSA) is 61.4 Å². The quantitative estimate of drug-likeness (QED) is 0.749. The van der Waals surface area contributed by atoms with E-state index in [4.69, 9.17) is 0 Å². The minimum Gasteiger partial charge on any atom is -0.376 e. The van der Waals surface area contributed by atoms with Crippen LogP contribution in [-0.4, -0.2) is 37.4 Å². The second-order valence-electron chi connectivity index (χ2n) is 6.85. The molecule has 27 heavy (non-hydrogen) atoms. The van der Waals surface area contributed by atoms with Crippen LogP contribution < -0.4 is 10.6 Å². The zero-order valence-corrected chi connectivity index (χ0v) is 16.6. The SMILES string of the molecule is CCc1cccc(C)c1NCC(=O)Nc1cccc(CCC(=O)N(C)C)c1. The number of amides is 2. The van der Waals surface area contributed by atoms with Gasteiger partial charge in [0.25, 0.3) is 0 Å². The lowest BCUT2D eigenvalue weighted by Crippen LogP contribution is -2.23. The van der Waals surface area contributed by atoms with Gasteiger partial charge >= 0.3 is 0 Å². The molecule has 0 fully saturated rings. The van der Waals surface area contributed by atoms with E-state index in [0.717, 1.165) is 28.9 Å². The number of nitrogens with zero attached hydrogens (tertiary/aromatic N) is 1. The first-order chi connectivity index (χ1) is 12.9. The predicted molar refractivity (Wildman–Crippen MR) is 111 cm³/mol. The maximum Gasteiger partial charge on any atom is 0.243 e. The Morgan fingerprint density at radius 3 is 2.52 bits per heavy atom. The lowest BCUT2D eigenvalue weighted by atomic mass is 10.1. The van der Waals surface area contributed by atoms with Gasteiger partial charge in [-0.25, -0.2) is 0 Å². The fraction of sp³-hybridized carbons (Fsp3) is 0.364. The van der Waals surface area contributed by atoms with Gasteiger partial charge in [-0.05, 0) is 48.6 Å². The van der Waals surface area contributed by atoms with E-state index in [0.29, 0.717) is 12.8 Å². The molecular weight excluding hydrogens is 338 g/mol. The Morgan fingerprint density at radius 2 is 1.81 bits per heavy atom. The van der Waals surface area contributed by atoms with E-state index in [-0.39, 0.29) is 18.4 Å². The van der Waals surface area contributed by atoms with E-state index in [9.17, 15) is 9.59 Å². The van der Waals surface area contributed by atoms with Gasteiger partial charge in [-0.1, -0.05) is 37.3 Å². The number of aryl methyl sites for hydroxylation is 3. The summed E-state index contributed by atoms with van der Waals surface area (Å²) in [6.45, 7) is 4.35. The number of anilines is 2. The largest absolute Gasteiger partial charge is 0.376 e. The van der Waals surface area contributed by atoms with Gasteiger partial charge in [-0.3, -0.25) is 9.59 Å². The molecule has 0 aliphatic rings. The van der Waals surface area contributed by atoms with Gasteiger partial charge in [0, 0.05) is 31.9 Å². The number of benzene rings is 2. The Bertz CT molecular complexity index is 800. The molecule has 144 valence electrons. The second kappa shape index (κ2) is 9.76. The normalized spacial score (nSPS) is 10.4. The van der Waals surface area contributed by atoms with Gasteiger partial charge < -0.3 is 15.5 Å². The molecule has 5 heteroatoms. The molecule has 0 atom stereocenters. The van der Waals surface area contributed by atoms with Gasteiger partial charge in [0.15, 0.2) is 0 Å². The van der Waals surface area contributed by atoms with Crippen LogP contribution in [0.25, 0.3) is 0 Å². The van der Waals surface area contributed by atoms with Crippen LogP contribution in [-0.2, 0) is 22.4 Å². The molecule has 0 spiro atoms. The minimum atomic E-state index is -0.0955. The van der Waals surface area contributed by atoms with Crippen LogP contribution in [0.3, 0.4) is 0 Å². The van der Waals surface area contributed by atoms with Gasteiger partial charge in [0.1, 0.15) is 0 Å². The smallest absolute Gasteiger partial charge is 0.243 e. The summed E-state index contributed by atoms with van der Waals surface area (Å²) >= 11 is 0. The molecule has 2 N–H and O–H groups in total. The molecule has 2 aromatic rings. The zero-order valence-electron chi connectivity index (χ0n) is 16.6. The standard InChI is InChI=1S/C22H29N3O2/c1-5-18-10-6-8-16(2)22(18)23-15-20(26)24-19-11-7-9-17(14-19)12-13-21(27)25(3)4/h6-11,14,23H,5,12-13,15H2,1-4H3,(H,24,26). The highest BCUT2D eigenvalue weighted by atomic mass is 16.2. The first-order valence-corrected chi connectivity index (χ1v) is 9.32. The maximum atomic E-state index is 12.3. The third-order valence-corrected chi connectivity index (χ3v) is 4.50. The molecule has 0 unspecified atom stereocenters. The van der Waals surface area contributed by atoms with Crippen LogP contribution in [0.2, 0.25) is 0 Å². The highest BCUT2D eigenvalue weighted by Gasteiger charge is 2.08. The molecule has 2 amide bonds. The predicted octanol–water partition coefficient (Wildman–Crippen LogP) is 3.63. The fourth-order valence-corrected chi connectivity index (χ4v) is 2.93. The van der Waals surface area contributed by atoms with E-state index in [1.165, 1.54) is 5.56 Å². The minimum absolute atomic E-state index is 0.0955. The monoisotopic (exact) mass is 367 g/mol. The third-order valence-electron chi connectivity index (χ3n) is 4.50. The van der Waals surface area contributed by atoms with Crippen molar-refractivity contribution in [3.8, 4) is 0 Å².